The molecule has 1 rings (SSSR count). The molecule has 1 N–H and O–H groups in total. The second kappa shape index (κ2) is 7.51. The Morgan fingerprint density at radius 1 is 1.26 bits per heavy atom. The van der Waals surface area contributed by atoms with E-state index in [1.807, 2.05) is 18.2 Å². The average molecular weight is 265 g/mol. The lowest BCUT2D eigenvalue weighted by atomic mass is 10.0. The molecule has 0 radical (unpaired) electrons. The Labute approximate surface area is 117 Å². The van der Waals surface area contributed by atoms with Gasteiger partial charge in [0.2, 0.25) is 0 Å². The number of aliphatic hydroxyl groups is 1. The lowest BCUT2D eigenvalue weighted by Crippen LogP contribution is -2.27. The van der Waals surface area contributed by atoms with Gasteiger partial charge in [-0.15, -0.1) is 0 Å². The Hall–Kier alpha value is -1.06. The van der Waals surface area contributed by atoms with Gasteiger partial charge in [-0.25, -0.2) is 0 Å². The van der Waals surface area contributed by atoms with Crippen LogP contribution in [0.15, 0.2) is 18.2 Å². The first-order chi connectivity index (χ1) is 8.97. The predicted molar refractivity (Wildman–Crippen MR) is 79.4 cm³/mol. The van der Waals surface area contributed by atoms with Crippen molar-refractivity contribution in [1.29, 1.82) is 0 Å². The zero-order valence-corrected chi connectivity index (χ0v) is 12.8. The summed E-state index contributed by atoms with van der Waals surface area (Å²) in [7, 11) is 1.69. The molecular formula is C16H27NO2. The second-order valence-corrected chi connectivity index (χ2v) is 5.47. The molecule has 0 bridgehead atoms. The van der Waals surface area contributed by atoms with Crippen molar-refractivity contribution < 1.29 is 9.84 Å². The maximum Gasteiger partial charge on any atom is 0.123 e. The number of rotatable bonds is 7. The number of hydrogen-bond acceptors (Lipinski definition) is 3. The molecule has 0 saturated heterocycles. The van der Waals surface area contributed by atoms with Crippen LogP contribution in [0.4, 0.5) is 0 Å². The zero-order valence-electron chi connectivity index (χ0n) is 12.8. The summed E-state index contributed by atoms with van der Waals surface area (Å²) in [5, 5.41) is 9.69. The van der Waals surface area contributed by atoms with Gasteiger partial charge in [0.25, 0.3) is 0 Å². The molecule has 108 valence electrons. The Bertz CT molecular complexity index is 388. The van der Waals surface area contributed by atoms with Crippen LogP contribution in [0.2, 0.25) is 0 Å². The van der Waals surface area contributed by atoms with Crippen LogP contribution in [0.3, 0.4) is 0 Å². The van der Waals surface area contributed by atoms with Crippen molar-refractivity contribution in [1.82, 2.24) is 4.90 Å². The maximum atomic E-state index is 9.69. The van der Waals surface area contributed by atoms with Gasteiger partial charge in [0.1, 0.15) is 5.75 Å². The van der Waals surface area contributed by atoms with E-state index in [1.165, 1.54) is 0 Å². The van der Waals surface area contributed by atoms with E-state index >= 15 is 0 Å². The molecule has 0 fully saturated rings. The van der Waals surface area contributed by atoms with Gasteiger partial charge in [-0.1, -0.05) is 26.8 Å². The molecule has 0 amide bonds. The minimum atomic E-state index is -0.440. The third-order valence-electron chi connectivity index (χ3n) is 3.25. The fourth-order valence-electron chi connectivity index (χ4n) is 2.24. The summed E-state index contributed by atoms with van der Waals surface area (Å²) in [4.78, 5) is 2.40. The van der Waals surface area contributed by atoms with E-state index in [1.54, 1.807) is 14.0 Å². The highest BCUT2D eigenvalue weighted by molar-refractivity contribution is 5.38. The summed E-state index contributed by atoms with van der Waals surface area (Å²) >= 11 is 0. The maximum absolute atomic E-state index is 9.69. The molecule has 1 unspecified atom stereocenters. The molecule has 0 aliphatic carbocycles. The Morgan fingerprint density at radius 2 is 1.95 bits per heavy atom. The number of nitrogens with zero attached hydrogens (tertiary/aromatic N) is 1. The fourth-order valence-corrected chi connectivity index (χ4v) is 2.24. The lowest BCUT2D eigenvalue weighted by molar-refractivity contribution is 0.198. The van der Waals surface area contributed by atoms with Gasteiger partial charge in [-0.2, -0.15) is 0 Å². The van der Waals surface area contributed by atoms with Crippen molar-refractivity contribution in [3.63, 3.8) is 0 Å². The van der Waals surface area contributed by atoms with Gasteiger partial charge in [-0.05, 0) is 37.1 Å². The SMILES string of the molecule is CCN(Cc1cc(C(C)O)ccc1OC)CC(C)C. The largest absolute Gasteiger partial charge is 0.496 e. The first-order valence-electron chi connectivity index (χ1n) is 7.05. The van der Waals surface area contributed by atoms with Crippen molar-refractivity contribution in [3.8, 4) is 5.75 Å². The summed E-state index contributed by atoms with van der Waals surface area (Å²) < 4.78 is 5.42. The topological polar surface area (TPSA) is 32.7 Å². The van der Waals surface area contributed by atoms with Crippen molar-refractivity contribution in [2.24, 2.45) is 5.92 Å². The van der Waals surface area contributed by atoms with E-state index in [-0.39, 0.29) is 0 Å². The van der Waals surface area contributed by atoms with Crippen LogP contribution in [0, 0.1) is 5.92 Å². The molecule has 19 heavy (non-hydrogen) atoms. The highest BCUT2D eigenvalue weighted by Crippen LogP contribution is 2.24. The van der Waals surface area contributed by atoms with Gasteiger partial charge >= 0.3 is 0 Å². The Balaban J connectivity index is 2.92. The first kappa shape index (κ1) is 16.0. The number of ether oxygens (including phenoxy) is 1. The number of benzene rings is 1. The van der Waals surface area contributed by atoms with Crippen LogP contribution in [0.5, 0.6) is 5.75 Å². The normalized spacial score (nSPS) is 13.1. The molecule has 3 heteroatoms. The molecule has 3 nitrogen and oxygen atoms in total. The van der Waals surface area contributed by atoms with Crippen LogP contribution in [0.1, 0.15) is 44.9 Å². The van der Waals surface area contributed by atoms with E-state index in [4.69, 9.17) is 4.74 Å². The predicted octanol–water partition coefficient (Wildman–Crippen LogP) is 3.23. The number of methoxy groups -OCH3 is 1. The first-order valence-corrected chi connectivity index (χ1v) is 7.05. The van der Waals surface area contributed by atoms with Crippen LogP contribution in [-0.4, -0.2) is 30.2 Å². The van der Waals surface area contributed by atoms with Crippen LogP contribution in [0.25, 0.3) is 0 Å². The summed E-state index contributed by atoms with van der Waals surface area (Å²) in [6.45, 7) is 11.4. The molecule has 0 aliphatic rings. The highest BCUT2D eigenvalue weighted by atomic mass is 16.5. The minimum Gasteiger partial charge on any atom is -0.496 e. The molecular weight excluding hydrogens is 238 g/mol. The van der Waals surface area contributed by atoms with Crippen LogP contribution >= 0.6 is 0 Å². The minimum absolute atomic E-state index is 0.440. The van der Waals surface area contributed by atoms with Crippen molar-refractivity contribution in [3.05, 3.63) is 29.3 Å². The Morgan fingerprint density at radius 3 is 2.42 bits per heavy atom. The van der Waals surface area contributed by atoms with Gasteiger partial charge < -0.3 is 9.84 Å². The van der Waals surface area contributed by atoms with Crippen molar-refractivity contribution >= 4 is 0 Å². The second-order valence-electron chi connectivity index (χ2n) is 5.47. The van der Waals surface area contributed by atoms with E-state index in [9.17, 15) is 5.11 Å². The molecule has 1 aromatic carbocycles. The zero-order chi connectivity index (χ0) is 14.4. The Kier molecular flexibility index (Phi) is 6.32. The van der Waals surface area contributed by atoms with Crippen molar-refractivity contribution in [2.45, 2.75) is 40.3 Å². The quantitative estimate of drug-likeness (QED) is 0.821. The van der Waals surface area contributed by atoms with E-state index in [0.29, 0.717) is 5.92 Å². The highest BCUT2D eigenvalue weighted by Gasteiger charge is 2.12. The number of hydrogen-bond donors (Lipinski definition) is 1. The molecule has 0 spiro atoms. The number of aliphatic hydroxyl groups excluding tert-OH is 1. The average Bonchev–Trinajstić information content (AvgIpc) is 2.37. The van der Waals surface area contributed by atoms with Crippen molar-refractivity contribution in [2.75, 3.05) is 20.2 Å². The molecule has 0 aliphatic heterocycles. The monoisotopic (exact) mass is 265 g/mol. The van der Waals surface area contributed by atoms with Gasteiger partial charge in [0, 0.05) is 18.7 Å². The van der Waals surface area contributed by atoms with E-state index in [2.05, 4.69) is 25.7 Å². The van der Waals surface area contributed by atoms with Crippen LogP contribution in [-0.2, 0) is 6.54 Å². The smallest absolute Gasteiger partial charge is 0.123 e. The summed E-state index contributed by atoms with van der Waals surface area (Å²) in [5.41, 5.74) is 2.08. The van der Waals surface area contributed by atoms with E-state index in [0.717, 1.165) is 36.5 Å². The summed E-state index contributed by atoms with van der Waals surface area (Å²) in [6, 6.07) is 5.92. The fraction of sp³-hybridized carbons (Fsp3) is 0.625. The lowest BCUT2D eigenvalue weighted by Gasteiger charge is -2.24. The molecule has 1 atom stereocenters. The standard InChI is InChI=1S/C16H27NO2/c1-6-17(10-12(2)3)11-15-9-14(13(4)18)7-8-16(15)19-5/h7-9,12-13,18H,6,10-11H2,1-5H3. The van der Waals surface area contributed by atoms with Gasteiger partial charge in [0.05, 0.1) is 13.2 Å². The van der Waals surface area contributed by atoms with E-state index < -0.39 is 6.10 Å². The third kappa shape index (κ3) is 4.84. The molecule has 0 aromatic heterocycles. The van der Waals surface area contributed by atoms with Crippen LogP contribution < -0.4 is 4.74 Å². The third-order valence-corrected chi connectivity index (χ3v) is 3.25. The van der Waals surface area contributed by atoms with Gasteiger partial charge in [-0.3, -0.25) is 4.90 Å². The molecule has 0 heterocycles. The summed E-state index contributed by atoms with van der Waals surface area (Å²) in [6.07, 6.45) is -0.440. The molecule has 0 saturated carbocycles. The molecule has 1 aromatic rings. The summed E-state index contributed by atoms with van der Waals surface area (Å²) in [5.74, 6) is 1.54. The van der Waals surface area contributed by atoms with Gasteiger partial charge in [0.15, 0.2) is 0 Å².